The number of amides is 2. The molecule has 1 saturated heterocycles. The zero-order chi connectivity index (χ0) is 18.7. The third-order valence-electron chi connectivity index (χ3n) is 4.69. The van der Waals surface area contributed by atoms with Gasteiger partial charge in [0.1, 0.15) is 0 Å². The van der Waals surface area contributed by atoms with Crippen LogP contribution in [0, 0.1) is 5.92 Å². The van der Waals surface area contributed by atoms with Gasteiger partial charge in [-0.15, -0.1) is 0 Å². The SMILES string of the molecule is CCc1ccc(N2C[C@H](C(=O)Nc3cccc(C(C)=O)c3)CC2=O)cc1. The standard InChI is InChI=1S/C21H22N2O3/c1-3-15-7-9-19(10-8-15)23-13-17(12-20(23)25)21(26)22-18-6-4-5-16(11-18)14(2)24/h4-11,17H,3,12-13H2,1-2H3,(H,22,26)/t17-/m1/s1. The number of aryl methyl sites for hydroxylation is 1. The number of carbonyl (C=O) groups excluding carboxylic acids is 3. The van der Waals surface area contributed by atoms with Crippen LogP contribution in [0.4, 0.5) is 11.4 Å². The third-order valence-corrected chi connectivity index (χ3v) is 4.69. The van der Waals surface area contributed by atoms with Crippen molar-refractivity contribution in [3.8, 4) is 0 Å². The maximum absolute atomic E-state index is 12.5. The molecule has 3 rings (SSSR count). The van der Waals surface area contributed by atoms with E-state index in [-0.39, 0.29) is 24.0 Å². The molecule has 0 spiro atoms. The maximum atomic E-state index is 12.5. The van der Waals surface area contributed by atoms with Gasteiger partial charge in [0.15, 0.2) is 5.78 Å². The molecule has 1 N–H and O–H groups in total. The van der Waals surface area contributed by atoms with Crippen molar-refractivity contribution in [2.75, 3.05) is 16.8 Å². The van der Waals surface area contributed by atoms with Crippen LogP contribution in [0.3, 0.4) is 0 Å². The zero-order valence-electron chi connectivity index (χ0n) is 15.0. The highest BCUT2D eigenvalue weighted by atomic mass is 16.2. The first-order valence-electron chi connectivity index (χ1n) is 8.79. The van der Waals surface area contributed by atoms with Crippen LogP contribution in [-0.2, 0) is 16.0 Å². The summed E-state index contributed by atoms with van der Waals surface area (Å²) in [7, 11) is 0. The Morgan fingerprint density at radius 3 is 2.54 bits per heavy atom. The van der Waals surface area contributed by atoms with E-state index < -0.39 is 5.92 Å². The first-order valence-corrected chi connectivity index (χ1v) is 8.79. The molecule has 0 bridgehead atoms. The van der Waals surface area contributed by atoms with Gasteiger partial charge in [0.2, 0.25) is 11.8 Å². The van der Waals surface area contributed by atoms with E-state index in [0.29, 0.717) is 17.8 Å². The fourth-order valence-corrected chi connectivity index (χ4v) is 3.10. The van der Waals surface area contributed by atoms with Gasteiger partial charge < -0.3 is 10.2 Å². The molecule has 0 aliphatic carbocycles. The molecule has 2 aromatic rings. The monoisotopic (exact) mass is 350 g/mol. The Bertz CT molecular complexity index is 843. The van der Waals surface area contributed by atoms with Crippen molar-refractivity contribution >= 4 is 29.0 Å². The number of benzene rings is 2. The predicted molar refractivity (Wildman–Crippen MR) is 101 cm³/mol. The van der Waals surface area contributed by atoms with Crippen molar-refractivity contribution < 1.29 is 14.4 Å². The fourth-order valence-electron chi connectivity index (χ4n) is 3.10. The number of nitrogens with one attached hydrogen (secondary N) is 1. The fraction of sp³-hybridized carbons (Fsp3) is 0.286. The summed E-state index contributed by atoms with van der Waals surface area (Å²) in [4.78, 5) is 38.0. The number of ketones is 1. The maximum Gasteiger partial charge on any atom is 0.229 e. The van der Waals surface area contributed by atoms with Gasteiger partial charge in [-0.2, -0.15) is 0 Å². The van der Waals surface area contributed by atoms with Gasteiger partial charge in [-0.05, 0) is 43.2 Å². The van der Waals surface area contributed by atoms with Crippen molar-refractivity contribution in [3.63, 3.8) is 0 Å². The van der Waals surface area contributed by atoms with Gasteiger partial charge >= 0.3 is 0 Å². The Kier molecular flexibility index (Phi) is 5.16. The van der Waals surface area contributed by atoms with Crippen molar-refractivity contribution in [3.05, 3.63) is 59.7 Å². The number of carbonyl (C=O) groups is 3. The lowest BCUT2D eigenvalue weighted by atomic mass is 10.1. The van der Waals surface area contributed by atoms with Gasteiger partial charge in [-0.25, -0.2) is 0 Å². The van der Waals surface area contributed by atoms with Gasteiger partial charge in [-0.3, -0.25) is 14.4 Å². The minimum atomic E-state index is -0.408. The van der Waals surface area contributed by atoms with Gasteiger partial charge in [0, 0.05) is 29.9 Å². The number of hydrogen-bond donors (Lipinski definition) is 1. The molecule has 1 aliphatic heterocycles. The van der Waals surface area contributed by atoms with Crippen LogP contribution >= 0.6 is 0 Å². The van der Waals surface area contributed by atoms with Crippen LogP contribution in [0.15, 0.2) is 48.5 Å². The molecular formula is C21H22N2O3. The van der Waals surface area contributed by atoms with E-state index in [2.05, 4.69) is 12.2 Å². The van der Waals surface area contributed by atoms with Gasteiger partial charge in [0.05, 0.1) is 5.92 Å². The molecule has 1 atom stereocenters. The molecule has 1 heterocycles. The lowest BCUT2D eigenvalue weighted by molar-refractivity contribution is -0.122. The average molecular weight is 350 g/mol. The number of hydrogen-bond acceptors (Lipinski definition) is 3. The first kappa shape index (κ1) is 17.9. The van der Waals surface area contributed by atoms with Crippen LogP contribution < -0.4 is 10.2 Å². The zero-order valence-corrected chi connectivity index (χ0v) is 15.0. The van der Waals surface area contributed by atoms with Crippen molar-refractivity contribution in [1.82, 2.24) is 0 Å². The largest absolute Gasteiger partial charge is 0.326 e. The van der Waals surface area contributed by atoms with Crippen LogP contribution in [-0.4, -0.2) is 24.1 Å². The lowest BCUT2D eigenvalue weighted by Crippen LogP contribution is -2.28. The van der Waals surface area contributed by atoms with Gasteiger partial charge in [-0.1, -0.05) is 31.2 Å². The highest BCUT2D eigenvalue weighted by Gasteiger charge is 2.35. The summed E-state index contributed by atoms with van der Waals surface area (Å²) in [5.74, 6) is -0.716. The molecule has 0 saturated carbocycles. The highest BCUT2D eigenvalue weighted by molar-refractivity contribution is 6.04. The summed E-state index contributed by atoms with van der Waals surface area (Å²) < 4.78 is 0. The Morgan fingerprint density at radius 1 is 1.15 bits per heavy atom. The Morgan fingerprint density at radius 2 is 1.88 bits per heavy atom. The van der Waals surface area contributed by atoms with E-state index in [1.807, 2.05) is 24.3 Å². The minimum absolute atomic E-state index is 0.0492. The van der Waals surface area contributed by atoms with Crippen LogP contribution in [0.2, 0.25) is 0 Å². The molecule has 1 fully saturated rings. The van der Waals surface area contributed by atoms with Gasteiger partial charge in [0.25, 0.3) is 0 Å². The van der Waals surface area contributed by atoms with Crippen molar-refractivity contribution in [1.29, 1.82) is 0 Å². The molecular weight excluding hydrogens is 328 g/mol. The smallest absolute Gasteiger partial charge is 0.229 e. The molecule has 2 amide bonds. The molecule has 0 unspecified atom stereocenters. The summed E-state index contributed by atoms with van der Waals surface area (Å²) in [5, 5.41) is 2.82. The first-order chi connectivity index (χ1) is 12.5. The topological polar surface area (TPSA) is 66.5 Å². The van der Waals surface area contributed by atoms with Crippen LogP contribution in [0.25, 0.3) is 0 Å². The summed E-state index contributed by atoms with van der Waals surface area (Å²) in [6, 6.07) is 14.7. The summed E-state index contributed by atoms with van der Waals surface area (Å²) >= 11 is 0. The molecule has 5 heteroatoms. The summed E-state index contributed by atoms with van der Waals surface area (Å²) in [5.41, 5.74) is 3.14. The molecule has 5 nitrogen and oxygen atoms in total. The summed E-state index contributed by atoms with van der Waals surface area (Å²) in [6.45, 7) is 3.93. The minimum Gasteiger partial charge on any atom is -0.326 e. The highest BCUT2D eigenvalue weighted by Crippen LogP contribution is 2.26. The Hall–Kier alpha value is -2.95. The number of nitrogens with zero attached hydrogens (tertiary/aromatic N) is 1. The van der Waals surface area contributed by atoms with Crippen LogP contribution in [0.1, 0.15) is 36.2 Å². The van der Waals surface area contributed by atoms with E-state index in [4.69, 9.17) is 0 Å². The molecule has 26 heavy (non-hydrogen) atoms. The average Bonchev–Trinajstić information content (AvgIpc) is 3.04. The van der Waals surface area contributed by atoms with Crippen molar-refractivity contribution in [2.24, 2.45) is 5.92 Å². The van der Waals surface area contributed by atoms with E-state index in [1.54, 1.807) is 29.2 Å². The molecule has 0 aromatic heterocycles. The second kappa shape index (κ2) is 7.52. The third kappa shape index (κ3) is 3.82. The summed E-state index contributed by atoms with van der Waals surface area (Å²) in [6.07, 6.45) is 1.13. The second-order valence-electron chi connectivity index (χ2n) is 6.55. The van der Waals surface area contributed by atoms with E-state index in [0.717, 1.165) is 12.1 Å². The molecule has 2 aromatic carbocycles. The van der Waals surface area contributed by atoms with Crippen LogP contribution in [0.5, 0.6) is 0 Å². The number of rotatable bonds is 5. The quantitative estimate of drug-likeness (QED) is 0.840. The molecule has 0 radical (unpaired) electrons. The second-order valence-corrected chi connectivity index (χ2v) is 6.55. The van der Waals surface area contributed by atoms with E-state index >= 15 is 0 Å². The normalized spacial score (nSPS) is 16.6. The molecule has 134 valence electrons. The predicted octanol–water partition coefficient (Wildman–Crippen LogP) is 3.44. The lowest BCUT2D eigenvalue weighted by Gasteiger charge is -2.17. The Labute approximate surface area is 153 Å². The number of Topliss-reactive ketones (excluding diaryl/α,β-unsaturated/α-hetero) is 1. The van der Waals surface area contributed by atoms with E-state index in [1.165, 1.54) is 12.5 Å². The number of anilines is 2. The van der Waals surface area contributed by atoms with Crippen molar-refractivity contribution in [2.45, 2.75) is 26.7 Å². The molecule has 1 aliphatic rings. The Balaban J connectivity index is 1.68. The van der Waals surface area contributed by atoms with E-state index in [9.17, 15) is 14.4 Å².